The number of terminal acetylenes is 1. The Kier molecular flexibility index (Phi) is 4.35. The van der Waals surface area contributed by atoms with Gasteiger partial charge in [-0.2, -0.15) is 0 Å². The van der Waals surface area contributed by atoms with Gasteiger partial charge in [0.05, 0.1) is 12.1 Å². The highest BCUT2D eigenvalue weighted by Gasteiger charge is 2.39. The highest BCUT2D eigenvalue weighted by atomic mass is 16.4. The number of nitrogens with zero attached hydrogens (tertiary/aromatic N) is 1. The van der Waals surface area contributed by atoms with Gasteiger partial charge in [0.2, 0.25) is 0 Å². The average molecular weight is 240 g/mol. The van der Waals surface area contributed by atoms with E-state index in [9.17, 15) is 14.7 Å². The number of hydrogen-bond donors (Lipinski definition) is 3. The summed E-state index contributed by atoms with van der Waals surface area (Å²) >= 11 is 0. The van der Waals surface area contributed by atoms with E-state index in [1.54, 1.807) is 0 Å². The van der Waals surface area contributed by atoms with Gasteiger partial charge < -0.3 is 20.4 Å². The maximum Gasteiger partial charge on any atom is 0.326 e. The number of carboxylic acid groups (broad SMARTS) is 1. The quantitative estimate of drug-likeness (QED) is 0.587. The molecule has 94 valence electrons. The second kappa shape index (κ2) is 5.55. The van der Waals surface area contributed by atoms with Crippen LogP contribution in [0.1, 0.15) is 19.8 Å². The van der Waals surface area contributed by atoms with Crippen LogP contribution >= 0.6 is 0 Å². The van der Waals surface area contributed by atoms with E-state index in [1.807, 2.05) is 6.92 Å². The van der Waals surface area contributed by atoms with Crippen molar-refractivity contribution in [1.29, 1.82) is 0 Å². The molecular weight excluding hydrogens is 224 g/mol. The van der Waals surface area contributed by atoms with Gasteiger partial charge in [0, 0.05) is 13.0 Å². The molecule has 1 unspecified atom stereocenters. The molecule has 0 saturated carbocycles. The molecule has 0 radical (unpaired) electrons. The van der Waals surface area contributed by atoms with Crippen molar-refractivity contribution in [3.05, 3.63) is 0 Å². The highest BCUT2D eigenvalue weighted by Crippen LogP contribution is 2.18. The molecule has 0 bridgehead atoms. The zero-order valence-electron chi connectivity index (χ0n) is 9.59. The molecule has 3 N–H and O–H groups in total. The van der Waals surface area contributed by atoms with Crippen molar-refractivity contribution in [3.63, 3.8) is 0 Å². The maximum absolute atomic E-state index is 11.8. The van der Waals surface area contributed by atoms with E-state index in [4.69, 9.17) is 11.5 Å². The number of carbonyl (C=O) groups excluding carboxylic acids is 1. The van der Waals surface area contributed by atoms with Crippen LogP contribution < -0.4 is 5.32 Å². The van der Waals surface area contributed by atoms with Gasteiger partial charge in [0.25, 0.3) is 0 Å². The van der Waals surface area contributed by atoms with Gasteiger partial charge in [0.1, 0.15) is 6.04 Å². The number of amides is 2. The highest BCUT2D eigenvalue weighted by molar-refractivity contribution is 5.83. The lowest BCUT2D eigenvalue weighted by Crippen LogP contribution is -2.48. The predicted octanol–water partition coefficient (Wildman–Crippen LogP) is -0.372. The fourth-order valence-electron chi connectivity index (χ4n) is 1.77. The molecule has 1 rings (SSSR count). The monoisotopic (exact) mass is 240 g/mol. The number of carboxylic acids is 1. The molecule has 1 heterocycles. The Morgan fingerprint density at radius 3 is 2.76 bits per heavy atom. The number of hydrogen-bond acceptors (Lipinski definition) is 3. The van der Waals surface area contributed by atoms with Gasteiger partial charge in [-0.05, 0) is 6.42 Å². The van der Waals surface area contributed by atoms with Crippen LogP contribution in [0.25, 0.3) is 0 Å². The van der Waals surface area contributed by atoms with Gasteiger partial charge >= 0.3 is 12.0 Å². The van der Waals surface area contributed by atoms with Crippen LogP contribution in [0, 0.1) is 12.3 Å². The van der Waals surface area contributed by atoms with Crippen LogP contribution in [-0.4, -0.2) is 51.8 Å². The van der Waals surface area contributed by atoms with E-state index in [1.165, 1.54) is 0 Å². The molecule has 1 saturated heterocycles. The lowest BCUT2D eigenvalue weighted by atomic mass is 10.2. The normalized spacial score (nSPS) is 25.1. The maximum atomic E-state index is 11.8. The van der Waals surface area contributed by atoms with E-state index in [2.05, 4.69) is 11.2 Å². The van der Waals surface area contributed by atoms with E-state index in [0.717, 1.165) is 4.90 Å². The third-order valence-electron chi connectivity index (χ3n) is 2.73. The number of carbonyl (C=O) groups is 2. The van der Waals surface area contributed by atoms with Crippen LogP contribution in [-0.2, 0) is 4.79 Å². The standard InChI is InChI=1S/C11H16N2O4/c1-3-7(4-2)12-11(17)13-6-8(14)5-9(13)10(15)16/h1,7-9,14H,4-6H2,2H3,(H,12,17)(H,15,16)/t7?,8-,9+/m1/s1. The molecule has 0 aromatic rings. The number of aliphatic hydroxyl groups excluding tert-OH is 1. The Morgan fingerprint density at radius 2 is 2.29 bits per heavy atom. The Bertz CT molecular complexity index is 350. The fraction of sp³-hybridized carbons (Fsp3) is 0.636. The lowest BCUT2D eigenvalue weighted by Gasteiger charge is -2.23. The van der Waals surface area contributed by atoms with E-state index < -0.39 is 30.2 Å². The number of aliphatic hydroxyl groups is 1. The van der Waals surface area contributed by atoms with Gasteiger partial charge in [0.15, 0.2) is 0 Å². The molecule has 0 aromatic heterocycles. The van der Waals surface area contributed by atoms with E-state index in [-0.39, 0.29) is 13.0 Å². The summed E-state index contributed by atoms with van der Waals surface area (Å²) in [6.07, 6.45) is 5.02. The van der Waals surface area contributed by atoms with Gasteiger partial charge in [-0.15, -0.1) is 6.42 Å². The lowest BCUT2D eigenvalue weighted by molar-refractivity contribution is -0.141. The fourth-order valence-corrected chi connectivity index (χ4v) is 1.77. The molecule has 6 heteroatoms. The van der Waals surface area contributed by atoms with Gasteiger partial charge in [-0.3, -0.25) is 0 Å². The van der Waals surface area contributed by atoms with Crippen LogP contribution in [0.15, 0.2) is 0 Å². The molecule has 6 nitrogen and oxygen atoms in total. The minimum atomic E-state index is -1.12. The van der Waals surface area contributed by atoms with Crippen molar-refractivity contribution in [2.75, 3.05) is 6.54 Å². The Hall–Kier alpha value is -1.74. The summed E-state index contributed by atoms with van der Waals surface area (Å²) in [5.41, 5.74) is 0. The largest absolute Gasteiger partial charge is 0.480 e. The summed E-state index contributed by atoms with van der Waals surface area (Å²) in [5, 5.41) is 20.9. The summed E-state index contributed by atoms with van der Waals surface area (Å²) in [4.78, 5) is 23.8. The molecule has 0 spiro atoms. The molecule has 1 aliphatic heterocycles. The zero-order chi connectivity index (χ0) is 13.0. The second-order valence-electron chi connectivity index (χ2n) is 3.97. The Morgan fingerprint density at radius 1 is 1.65 bits per heavy atom. The van der Waals surface area contributed by atoms with Crippen molar-refractivity contribution >= 4 is 12.0 Å². The van der Waals surface area contributed by atoms with Crippen LogP contribution in [0.3, 0.4) is 0 Å². The minimum Gasteiger partial charge on any atom is -0.480 e. The number of rotatable bonds is 3. The molecule has 1 fully saturated rings. The summed E-state index contributed by atoms with van der Waals surface area (Å²) in [6, 6.07) is -1.95. The smallest absolute Gasteiger partial charge is 0.326 e. The molecule has 0 aromatic carbocycles. The molecule has 3 atom stereocenters. The van der Waals surface area contributed by atoms with Crippen molar-refractivity contribution in [1.82, 2.24) is 10.2 Å². The SMILES string of the molecule is C#CC(CC)NC(=O)N1C[C@H](O)C[C@H]1C(=O)O. The number of aliphatic carboxylic acids is 1. The third kappa shape index (κ3) is 3.11. The summed E-state index contributed by atoms with van der Waals surface area (Å²) in [6.45, 7) is 1.84. The van der Waals surface area contributed by atoms with Crippen molar-refractivity contribution in [2.24, 2.45) is 0 Å². The number of β-amino-alcohol motifs (C(OH)–C–C–N with tert-alkyl or cyclic N) is 1. The minimum absolute atomic E-state index is 0.0177. The molecular formula is C11H16N2O4. The summed E-state index contributed by atoms with van der Waals surface area (Å²) in [5.74, 6) is 1.27. The van der Waals surface area contributed by atoms with E-state index >= 15 is 0 Å². The Balaban J connectivity index is 2.68. The Labute approximate surface area is 99.6 Å². The van der Waals surface area contributed by atoms with Gasteiger partial charge in [-0.1, -0.05) is 12.8 Å². The zero-order valence-corrected chi connectivity index (χ0v) is 9.59. The number of nitrogens with one attached hydrogen (secondary N) is 1. The third-order valence-corrected chi connectivity index (χ3v) is 2.73. The van der Waals surface area contributed by atoms with Crippen LogP contribution in [0.5, 0.6) is 0 Å². The number of likely N-dealkylation sites (tertiary alicyclic amines) is 1. The first-order valence-electron chi connectivity index (χ1n) is 5.43. The van der Waals surface area contributed by atoms with Gasteiger partial charge in [-0.25, -0.2) is 9.59 Å². The average Bonchev–Trinajstić information content (AvgIpc) is 2.68. The molecule has 1 aliphatic rings. The predicted molar refractivity (Wildman–Crippen MR) is 60.2 cm³/mol. The summed E-state index contributed by atoms with van der Waals surface area (Å²) < 4.78 is 0. The first kappa shape index (κ1) is 13.3. The first-order chi connectivity index (χ1) is 7.99. The summed E-state index contributed by atoms with van der Waals surface area (Å²) in [7, 11) is 0. The van der Waals surface area contributed by atoms with E-state index in [0.29, 0.717) is 6.42 Å². The van der Waals surface area contributed by atoms with Crippen LogP contribution in [0.4, 0.5) is 4.79 Å². The van der Waals surface area contributed by atoms with Crippen molar-refractivity contribution in [3.8, 4) is 12.3 Å². The van der Waals surface area contributed by atoms with Crippen molar-refractivity contribution in [2.45, 2.75) is 38.0 Å². The number of urea groups is 1. The molecule has 2 amide bonds. The van der Waals surface area contributed by atoms with Crippen LogP contribution in [0.2, 0.25) is 0 Å². The molecule has 0 aliphatic carbocycles. The first-order valence-corrected chi connectivity index (χ1v) is 5.43. The van der Waals surface area contributed by atoms with Crippen molar-refractivity contribution < 1.29 is 19.8 Å². The topological polar surface area (TPSA) is 89.9 Å². The molecule has 17 heavy (non-hydrogen) atoms. The second-order valence-corrected chi connectivity index (χ2v) is 3.97.